The van der Waals surface area contributed by atoms with Gasteiger partial charge < -0.3 is 5.32 Å². The van der Waals surface area contributed by atoms with E-state index in [1.165, 1.54) is 0 Å². The third-order valence-electron chi connectivity index (χ3n) is 4.36. The first-order valence-corrected chi connectivity index (χ1v) is 8.96. The van der Waals surface area contributed by atoms with Crippen LogP contribution in [0.5, 0.6) is 0 Å². The SMILES string of the molecule is Cc1ccc(N=C(Nc2ccc(C)cc2)c2c(N=O)cc([N+](=O)[O-])cc2NO)cc1. The molecule has 0 saturated heterocycles. The van der Waals surface area contributed by atoms with Crippen molar-refractivity contribution >= 4 is 34.3 Å². The van der Waals surface area contributed by atoms with E-state index in [4.69, 9.17) is 0 Å². The van der Waals surface area contributed by atoms with Crippen LogP contribution >= 0.6 is 0 Å². The van der Waals surface area contributed by atoms with Crippen molar-refractivity contribution in [3.8, 4) is 0 Å². The lowest BCUT2D eigenvalue weighted by molar-refractivity contribution is -0.384. The van der Waals surface area contributed by atoms with Crippen molar-refractivity contribution in [3.63, 3.8) is 0 Å². The zero-order chi connectivity index (χ0) is 21.7. The van der Waals surface area contributed by atoms with Crippen molar-refractivity contribution in [2.24, 2.45) is 10.2 Å². The number of non-ortho nitro benzene ring substituents is 1. The van der Waals surface area contributed by atoms with Crippen molar-refractivity contribution in [1.29, 1.82) is 0 Å². The van der Waals surface area contributed by atoms with Crippen molar-refractivity contribution < 1.29 is 10.1 Å². The van der Waals surface area contributed by atoms with E-state index < -0.39 is 10.6 Å². The third kappa shape index (κ3) is 4.65. The van der Waals surface area contributed by atoms with Gasteiger partial charge in [0, 0.05) is 17.8 Å². The Labute approximate surface area is 172 Å². The van der Waals surface area contributed by atoms with Crippen LogP contribution in [0.2, 0.25) is 0 Å². The molecule has 0 radical (unpaired) electrons. The second-order valence-electron chi connectivity index (χ2n) is 6.63. The van der Waals surface area contributed by atoms with Crippen molar-refractivity contribution in [3.05, 3.63) is 92.4 Å². The number of hydrogen-bond acceptors (Lipinski definition) is 7. The first kappa shape index (κ1) is 20.6. The van der Waals surface area contributed by atoms with Gasteiger partial charge in [0.1, 0.15) is 11.5 Å². The van der Waals surface area contributed by atoms with Crippen molar-refractivity contribution in [1.82, 2.24) is 0 Å². The van der Waals surface area contributed by atoms with Gasteiger partial charge in [0.15, 0.2) is 0 Å². The van der Waals surface area contributed by atoms with Gasteiger partial charge in [-0.15, -0.1) is 4.91 Å². The maximum Gasteiger partial charge on any atom is 0.273 e. The Kier molecular flexibility index (Phi) is 6.14. The van der Waals surface area contributed by atoms with Gasteiger partial charge in [-0.1, -0.05) is 35.4 Å². The summed E-state index contributed by atoms with van der Waals surface area (Å²) in [5, 5.41) is 26.8. The summed E-state index contributed by atoms with van der Waals surface area (Å²) in [6.45, 7) is 3.89. The second kappa shape index (κ2) is 8.93. The maximum atomic E-state index is 11.5. The van der Waals surface area contributed by atoms with Gasteiger partial charge in [-0.25, -0.2) is 4.99 Å². The predicted octanol–water partition coefficient (Wildman–Crippen LogP) is 5.60. The lowest BCUT2D eigenvalue weighted by atomic mass is 10.1. The summed E-state index contributed by atoms with van der Waals surface area (Å²) in [5.74, 6) is 0.184. The Morgan fingerprint density at radius 1 is 1.00 bits per heavy atom. The summed E-state index contributed by atoms with van der Waals surface area (Å²) >= 11 is 0. The van der Waals surface area contributed by atoms with Gasteiger partial charge in [0.25, 0.3) is 5.69 Å². The molecule has 0 aliphatic carbocycles. The summed E-state index contributed by atoms with van der Waals surface area (Å²) in [6, 6.07) is 16.9. The molecular formula is C21H19N5O4. The zero-order valence-corrected chi connectivity index (χ0v) is 16.3. The number of hydrogen-bond donors (Lipinski definition) is 3. The smallest absolute Gasteiger partial charge is 0.273 e. The van der Waals surface area contributed by atoms with Gasteiger partial charge in [0.05, 0.1) is 21.9 Å². The molecule has 3 N–H and O–H groups in total. The number of aryl methyl sites for hydroxylation is 2. The van der Waals surface area contributed by atoms with Crippen LogP contribution in [-0.2, 0) is 0 Å². The molecule has 0 unspecified atom stereocenters. The Balaban J connectivity index is 2.20. The molecule has 0 amide bonds. The molecule has 0 fully saturated rings. The largest absolute Gasteiger partial charge is 0.340 e. The molecule has 0 saturated carbocycles. The van der Waals surface area contributed by atoms with Crippen molar-refractivity contribution in [2.45, 2.75) is 13.8 Å². The Morgan fingerprint density at radius 2 is 1.60 bits per heavy atom. The highest BCUT2D eigenvalue weighted by Gasteiger charge is 2.22. The lowest BCUT2D eigenvalue weighted by Gasteiger charge is -2.15. The fourth-order valence-corrected chi connectivity index (χ4v) is 2.79. The van der Waals surface area contributed by atoms with E-state index in [2.05, 4.69) is 15.5 Å². The van der Waals surface area contributed by atoms with E-state index in [9.17, 15) is 20.2 Å². The first-order chi connectivity index (χ1) is 14.4. The number of nitroso groups, excluding NO2 is 1. The second-order valence-corrected chi connectivity index (χ2v) is 6.63. The Morgan fingerprint density at radius 3 is 2.13 bits per heavy atom. The predicted molar refractivity (Wildman–Crippen MR) is 116 cm³/mol. The fourth-order valence-electron chi connectivity index (χ4n) is 2.79. The van der Waals surface area contributed by atoms with Gasteiger partial charge >= 0.3 is 0 Å². The maximum absolute atomic E-state index is 11.5. The number of anilines is 2. The van der Waals surface area contributed by atoms with E-state index in [-0.39, 0.29) is 22.8 Å². The summed E-state index contributed by atoms with van der Waals surface area (Å²) < 4.78 is 0. The summed E-state index contributed by atoms with van der Waals surface area (Å²) in [7, 11) is 0. The van der Waals surface area contributed by atoms with Gasteiger partial charge in [-0.05, 0) is 43.3 Å². The van der Waals surface area contributed by atoms with Gasteiger partial charge in [-0.2, -0.15) is 0 Å². The van der Waals surface area contributed by atoms with E-state index in [0.717, 1.165) is 23.3 Å². The number of nitrogens with zero attached hydrogens (tertiary/aromatic N) is 3. The Bertz CT molecular complexity index is 1110. The number of amidine groups is 1. The number of nitrogens with one attached hydrogen (secondary N) is 2. The monoisotopic (exact) mass is 405 g/mol. The Hall–Kier alpha value is -4.11. The molecule has 0 aliphatic heterocycles. The van der Waals surface area contributed by atoms with Crippen LogP contribution in [0.4, 0.5) is 28.4 Å². The molecule has 152 valence electrons. The average molecular weight is 405 g/mol. The van der Waals surface area contributed by atoms with E-state index >= 15 is 0 Å². The van der Waals surface area contributed by atoms with Crippen LogP contribution in [0.1, 0.15) is 16.7 Å². The molecule has 3 aromatic carbocycles. The first-order valence-electron chi connectivity index (χ1n) is 8.96. The molecule has 0 bridgehead atoms. The molecule has 0 heterocycles. The van der Waals surface area contributed by atoms with E-state index in [1.54, 1.807) is 12.1 Å². The molecule has 3 aromatic rings. The minimum atomic E-state index is -0.677. The van der Waals surface area contributed by atoms with Gasteiger partial charge in [-0.3, -0.25) is 20.8 Å². The fraction of sp³-hybridized carbons (Fsp3) is 0.0952. The number of benzene rings is 3. The minimum absolute atomic E-state index is 0.0794. The summed E-state index contributed by atoms with van der Waals surface area (Å²) in [6.07, 6.45) is 0. The highest BCUT2D eigenvalue weighted by atomic mass is 16.6. The molecule has 0 aromatic heterocycles. The van der Waals surface area contributed by atoms with Crippen LogP contribution in [0, 0.1) is 28.9 Å². The topological polar surface area (TPSA) is 129 Å². The van der Waals surface area contributed by atoms with Crippen LogP contribution in [0.3, 0.4) is 0 Å². The molecule has 3 rings (SSSR count). The van der Waals surface area contributed by atoms with E-state index in [1.807, 2.05) is 55.7 Å². The number of nitro benzene ring substituents is 1. The third-order valence-corrected chi connectivity index (χ3v) is 4.36. The van der Waals surface area contributed by atoms with Crippen LogP contribution in [0.15, 0.2) is 70.8 Å². The zero-order valence-electron chi connectivity index (χ0n) is 16.3. The lowest BCUT2D eigenvalue weighted by Crippen LogP contribution is -2.16. The van der Waals surface area contributed by atoms with Crippen LogP contribution in [-0.4, -0.2) is 16.0 Å². The minimum Gasteiger partial charge on any atom is -0.340 e. The van der Waals surface area contributed by atoms with Crippen LogP contribution < -0.4 is 10.8 Å². The van der Waals surface area contributed by atoms with Crippen LogP contribution in [0.25, 0.3) is 0 Å². The van der Waals surface area contributed by atoms with E-state index in [0.29, 0.717) is 11.4 Å². The molecule has 0 spiro atoms. The molecule has 0 aliphatic rings. The summed E-state index contributed by atoms with van der Waals surface area (Å²) in [5.41, 5.74) is 4.64. The van der Waals surface area contributed by atoms with Crippen molar-refractivity contribution in [2.75, 3.05) is 10.8 Å². The van der Waals surface area contributed by atoms with Gasteiger partial charge in [0.2, 0.25) is 0 Å². The normalized spacial score (nSPS) is 11.1. The number of nitro groups is 1. The molecule has 0 atom stereocenters. The molecule has 30 heavy (non-hydrogen) atoms. The summed E-state index contributed by atoms with van der Waals surface area (Å²) in [4.78, 5) is 26.6. The molecular weight excluding hydrogens is 386 g/mol. The number of aliphatic imine (C=N–C) groups is 1. The standard InChI is InChI=1S/C21H19N5O4/c1-13-3-7-15(8-4-13)22-21(23-16-9-5-14(2)6-10-16)20-18(24-27)11-17(26(29)30)12-19(20)25-28/h3-12,24,27H,1-2H3,(H,22,23). The highest BCUT2D eigenvalue weighted by molar-refractivity contribution is 6.16. The highest BCUT2D eigenvalue weighted by Crippen LogP contribution is 2.34. The average Bonchev–Trinajstić information content (AvgIpc) is 2.75. The molecule has 9 nitrogen and oxygen atoms in total. The quantitative estimate of drug-likeness (QED) is 0.161. The number of rotatable bonds is 6. The molecule has 9 heteroatoms.